The minimum Gasteiger partial charge on any atom is -0.303 e. The fourth-order valence-electron chi connectivity index (χ4n) is 1.45. The van der Waals surface area contributed by atoms with E-state index in [0.717, 1.165) is 12.3 Å². The zero-order valence-electron chi connectivity index (χ0n) is 8.29. The van der Waals surface area contributed by atoms with Crippen LogP contribution in [0.15, 0.2) is 30.3 Å². The molecule has 0 aliphatic carbocycles. The molecule has 0 aliphatic heterocycles. The molecule has 0 saturated carbocycles. The predicted molar refractivity (Wildman–Crippen MR) is 59.0 cm³/mol. The fourth-order valence-corrected chi connectivity index (χ4v) is 3.68. The molecule has 0 saturated heterocycles. The molecule has 0 fully saturated rings. The highest BCUT2D eigenvalue weighted by molar-refractivity contribution is 6.89. The van der Waals surface area contributed by atoms with Gasteiger partial charge in [-0.15, -0.1) is 0 Å². The first-order valence-corrected chi connectivity index (χ1v) is 7.87. The Morgan fingerprint density at radius 1 is 1.23 bits per heavy atom. The van der Waals surface area contributed by atoms with Crippen molar-refractivity contribution in [3.8, 4) is 0 Å². The molecule has 0 N–H and O–H groups in total. The van der Waals surface area contributed by atoms with Gasteiger partial charge in [0, 0.05) is 6.42 Å². The number of benzene rings is 1. The third-order valence-corrected chi connectivity index (χ3v) is 5.88. The van der Waals surface area contributed by atoms with Crippen molar-refractivity contribution in [3.63, 3.8) is 0 Å². The zero-order chi connectivity index (χ0) is 9.73. The minimum atomic E-state index is -1.33. The number of hydrogen-bond donors (Lipinski definition) is 0. The van der Waals surface area contributed by atoms with Crippen LogP contribution in [0.3, 0.4) is 0 Å². The van der Waals surface area contributed by atoms with Gasteiger partial charge in [-0.05, 0) is 6.04 Å². The normalized spacial score (nSPS) is 11.2. The van der Waals surface area contributed by atoms with E-state index in [1.165, 1.54) is 5.19 Å². The van der Waals surface area contributed by atoms with E-state index in [1.807, 2.05) is 6.07 Å². The average molecular weight is 192 g/mol. The molecular weight excluding hydrogens is 176 g/mol. The largest absolute Gasteiger partial charge is 0.303 e. The zero-order valence-corrected chi connectivity index (χ0v) is 9.29. The van der Waals surface area contributed by atoms with Crippen LogP contribution in [0.4, 0.5) is 0 Å². The van der Waals surface area contributed by atoms with Crippen molar-refractivity contribution in [3.05, 3.63) is 30.3 Å². The summed E-state index contributed by atoms with van der Waals surface area (Å²) in [6.07, 6.45) is 1.73. The Morgan fingerprint density at radius 3 is 2.38 bits per heavy atom. The summed E-state index contributed by atoms with van der Waals surface area (Å²) in [6.45, 7) is 4.62. The summed E-state index contributed by atoms with van der Waals surface area (Å²) in [5.74, 6) is 0. The second-order valence-corrected chi connectivity index (χ2v) is 8.80. The summed E-state index contributed by atoms with van der Waals surface area (Å²) >= 11 is 0. The van der Waals surface area contributed by atoms with Gasteiger partial charge in [0.2, 0.25) is 0 Å². The summed E-state index contributed by atoms with van der Waals surface area (Å²) in [4.78, 5) is 10.3. The van der Waals surface area contributed by atoms with E-state index < -0.39 is 8.07 Å². The van der Waals surface area contributed by atoms with Crippen molar-refractivity contribution in [2.45, 2.75) is 25.6 Å². The highest BCUT2D eigenvalue weighted by atomic mass is 28.3. The fraction of sp³-hybridized carbons (Fsp3) is 0.364. The molecular formula is C11H16OSi. The molecule has 1 rings (SSSR count). The van der Waals surface area contributed by atoms with Crippen LogP contribution in [0.1, 0.15) is 6.42 Å². The van der Waals surface area contributed by atoms with E-state index >= 15 is 0 Å². The molecule has 1 nitrogen and oxygen atoms in total. The first-order valence-electron chi connectivity index (χ1n) is 4.66. The van der Waals surface area contributed by atoms with E-state index in [-0.39, 0.29) is 0 Å². The lowest BCUT2D eigenvalue weighted by Gasteiger charge is -2.21. The Kier molecular flexibility index (Phi) is 3.43. The first-order chi connectivity index (χ1) is 6.17. The van der Waals surface area contributed by atoms with Gasteiger partial charge < -0.3 is 4.79 Å². The summed E-state index contributed by atoms with van der Waals surface area (Å²) in [6, 6.07) is 11.6. The second-order valence-electron chi connectivity index (χ2n) is 3.96. The van der Waals surface area contributed by atoms with Crippen LogP contribution < -0.4 is 5.19 Å². The molecule has 0 bridgehead atoms. The van der Waals surface area contributed by atoms with Crippen LogP contribution in [0, 0.1) is 0 Å². The van der Waals surface area contributed by atoms with Crippen LogP contribution in [0.5, 0.6) is 0 Å². The van der Waals surface area contributed by atoms with Crippen LogP contribution in [0.25, 0.3) is 0 Å². The molecule has 0 unspecified atom stereocenters. The van der Waals surface area contributed by atoms with Crippen molar-refractivity contribution in [2.24, 2.45) is 0 Å². The predicted octanol–water partition coefficient (Wildman–Crippen LogP) is 2.19. The monoisotopic (exact) mass is 192 g/mol. The standard InChI is InChI=1S/C11H16OSi/c1-13(2,10-6-9-12)11-7-4-3-5-8-11/h3-5,7-9H,6,10H2,1-2H3. The Balaban J connectivity index is 2.74. The number of hydrogen-bond acceptors (Lipinski definition) is 1. The van der Waals surface area contributed by atoms with Crippen LogP contribution >= 0.6 is 0 Å². The van der Waals surface area contributed by atoms with Crippen molar-refractivity contribution in [1.29, 1.82) is 0 Å². The number of carbonyl (C=O) groups is 1. The number of aldehydes is 1. The topological polar surface area (TPSA) is 17.1 Å². The highest BCUT2D eigenvalue weighted by Gasteiger charge is 2.21. The summed E-state index contributed by atoms with van der Waals surface area (Å²) in [5, 5.41) is 1.44. The smallest absolute Gasteiger partial charge is 0.119 e. The Bertz CT molecular complexity index is 267. The molecule has 0 atom stereocenters. The van der Waals surface area contributed by atoms with Crippen molar-refractivity contribution in [2.75, 3.05) is 0 Å². The maximum Gasteiger partial charge on any atom is 0.119 e. The second kappa shape index (κ2) is 4.37. The van der Waals surface area contributed by atoms with E-state index in [2.05, 4.69) is 37.4 Å². The van der Waals surface area contributed by atoms with E-state index in [4.69, 9.17) is 0 Å². The molecule has 0 heterocycles. The van der Waals surface area contributed by atoms with Gasteiger partial charge >= 0.3 is 0 Å². The average Bonchev–Trinajstić information content (AvgIpc) is 2.16. The minimum absolute atomic E-state index is 0.702. The molecule has 2 heteroatoms. The van der Waals surface area contributed by atoms with Gasteiger partial charge in [0.1, 0.15) is 6.29 Å². The molecule has 0 aromatic heterocycles. The van der Waals surface area contributed by atoms with Gasteiger partial charge in [-0.25, -0.2) is 0 Å². The lowest BCUT2D eigenvalue weighted by Crippen LogP contribution is -2.40. The molecule has 0 aliphatic rings. The molecule has 13 heavy (non-hydrogen) atoms. The van der Waals surface area contributed by atoms with Crippen LogP contribution in [0.2, 0.25) is 19.1 Å². The Morgan fingerprint density at radius 2 is 1.85 bits per heavy atom. The third kappa shape index (κ3) is 2.81. The maximum absolute atomic E-state index is 10.3. The van der Waals surface area contributed by atoms with Gasteiger partial charge in [-0.3, -0.25) is 0 Å². The Hall–Kier alpha value is -0.893. The van der Waals surface area contributed by atoms with Crippen molar-refractivity contribution >= 4 is 19.5 Å². The van der Waals surface area contributed by atoms with E-state index in [9.17, 15) is 4.79 Å². The lowest BCUT2D eigenvalue weighted by atomic mass is 10.4. The van der Waals surface area contributed by atoms with E-state index in [1.54, 1.807) is 0 Å². The molecule has 1 aromatic carbocycles. The van der Waals surface area contributed by atoms with Gasteiger partial charge in [-0.1, -0.05) is 48.6 Å². The summed E-state index contributed by atoms with van der Waals surface area (Å²) in [7, 11) is -1.33. The van der Waals surface area contributed by atoms with Crippen molar-refractivity contribution in [1.82, 2.24) is 0 Å². The van der Waals surface area contributed by atoms with Crippen LogP contribution in [-0.2, 0) is 4.79 Å². The maximum atomic E-state index is 10.3. The van der Waals surface area contributed by atoms with Gasteiger partial charge in [0.25, 0.3) is 0 Å². The van der Waals surface area contributed by atoms with Gasteiger partial charge in [0.05, 0.1) is 8.07 Å². The molecule has 0 radical (unpaired) electrons. The summed E-state index contributed by atoms with van der Waals surface area (Å²) in [5.41, 5.74) is 0. The molecule has 0 spiro atoms. The molecule has 1 aromatic rings. The van der Waals surface area contributed by atoms with E-state index in [0.29, 0.717) is 6.42 Å². The first kappa shape index (κ1) is 10.2. The highest BCUT2D eigenvalue weighted by Crippen LogP contribution is 2.10. The van der Waals surface area contributed by atoms with Gasteiger partial charge in [-0.2, -0.15) is 0 Å². The summed E-state index contributed by atoms with van der Waals surface area (Å²) < 4.78 is 0. The molecule has 70 valence electrons. The molecule has 0 amide bonds. The number of rotatable bonds is 4. The third-order valence-electron chi connectivity index (χ3n) is 2.44. The lowest BCUT2D eigenvalue weighted by molar-refractivity contribution is -0.107. The van der Waals surface area contributed by atoms with Crippen molar-refractivity contribution < 1.29 is 4.79 Å². The quantitative estimate of drug-likeness (QED) is 0.528. The SMILES string of the molecule is C[Si](C)(CCC=O)c1ccccc1. The number of carbonyl (C=O) groups excluding carboxylic acids is 1. The van der Waals surface area contributed by atoms with Gasteiger partial charge in [0.15, 0.2) is 0 Å². The Labute approximate surface area is 80.8 Å². The van der Waals surface area contributed by atoms with Crippen LogP contribution in [-0.4, -0.2) is 14.4 Å².